The van der Waals surface area contributed by atoms with E-state index in [0.29, 0.717) is 24.0 Å². The van der Waals surface area contributed by atoms with Gasteiger partial charge in [0.2, 0.25) is 11.4 Å². The number of aliphatic hydroxyl groups excluding tert-OH is 1. The molecule has 0 aromatic carbocycles. The Morgan fingerprint density at radius 2 is 1.86 bits per heavy atom. The molecule has 0 aromatic heterocycles. The molecule has 9 nitrogen and oxygen atoms in total. The average Bonchev–Trinajstić information content (AvgIpc) is 3.04. The molecule has 0 spiro atoms. The smallest absolute Gasteiger partial charge is 0.267 e. The highest BCUT2D eigenvalue weighted by Gasteiger charge is 2.71. The highest BCUT2D eigenvalue weighted by molar-refractivity contribution is 6.21. The van der Waals surface area contributed by atoms with Crippen molar-refractivity contribution in [1.29, 1.82) is 0 Å². The van der Waals surface area contributed by atoms with Crippen LogP contribution in [0.1, 0.15) is 53.9 Å². The van der Waals surface area contributed by atoms with Crippen LogP contribution in [0.2, 0.25) is 0 Å². The van der Waals surface area contributed by atoms with Crippen molar-refractivity contribution in [2.75, 3.05) is 0 Å². The SMILES string of the molecule is CC[C@@]12C=C(C)[C@@H]3[C@@H](C)[C@H](O[C@H]4CC[C@H](O)C(C)O4)C4=CC(=O)C=C(N1C(=O)[C@](C)(O)C2=O)[C@@]43O. The lowest BCUT2D eigenvalue weighted by Crippen LogP contribution is -2.53. The second-order valence-electron chi connectivity index (χ2n) is 10.8. The number of hydrogen-bond donors (Lipinski definition) is 3. The standard InChI is InChI=1S/C26H33NO8/c1-6-25-11-12(2)20-13(3)21(35-19-8-7-17(29)14(4)34-19)16-9-15(28)10-18(26(16,20)33)27(25)23(31)24(5,32)22(25)30/h9-11,13-14,17,19-21,29,32-33H,6-8H2,1-5H3/t13-,14?,17+,19+,20-,21+,24-,25+,26+/m1/s1. The summed E-state index contributed by atoms with van der Waals surface area (Å²) in [5, 5.41) is 33.2. The number of carbonyl (C=O) groups excluding carboxylic acids is 3. The number of nitrogens with zero attached hydrogens (tertiary/aromatic N) is 1. The van der Waals surface area contributed by atoms with Gasteiger partial charge in [-0.15, -0.1) is 0 Å². The molecule has 2 saturated heterocycles. The fraction of sp³-hybridized carbons (Fsp3) is 0.654. The van der Waals surface area contributed by atoms with Crippen LogP contribution in [-0.4, -0.2) is 79.0 Å². The zero-order chi connectivity index (χ0) is 25.7. The Bertz CT molecular complexity index is 1100. The lowest BCUT2D eigenvalue weighted by molar-refractivity contribution is -0.233. The van der Waals surface area contributed by atoms with E-state index in [-0.39, 0.29) is 18.0 Å². The van der Waals surface area contributed by atoms with Crippen LogP contribution in [0.3, 0.4) is 0 Å². The van der Waals surface area contributed by atoms with Crippen LogP contribution in [0, 0.1) is 11.8 Å². The minimum Gasteiger partial charge on any atom is -0.390 e. The molecule has 9 atom stereocenters. The van der Waals surface area contributed by atoms with Gasteiger partial charge in [0, 0.05) is 24.0 Å². The van der Waals surface area contributed by atoms with E-state index in [9.17, 15) is 29.7 Å². The summed E-state index contributed by atoms with van der Waals surface area (Å²) in [6.45, 7) is 8.37. The largest absolute Gasteiger partial charge is 0.390 e. The molecular weight excluding hydrogens is 454 g/mol. The molecule has 0 bridgehead atoms. The van der Waals surface area contributed by atoms with E-state index >= 15 is 0 Å². The maximum absolute atomic E-state index is 13.4. The summed E-state index contributed by atoms with van der Waals surface area (Å²) >= 11 is 0. The molecule has 3 fully saturated rings. The Kier molecular flexibility index (Phi) is 5.37. The molecule has 1 unspecified atom stereocenters. The number of ketones is 2. The number of hydrogen-bond acceptors (Lipinski definition) is 8. The maximum atomic E-state index is 13.4. The molecule has 1 amide bonds. The second-order valence-corrected chi connectivity index (χ2v) is 10.8. The second kappa shape index (κ2) is 7.66. The van der Waals surface area contributed by atoms with Gasteiger partial charge in [-0.3, -0.25) is 19.3 Å². The Morgan fingerprint density at radius 3 is 2.49 bits per heavy atom. The van der Waals surface area contributed by atoms with Gasteiger partial charge in [-0.2, -0.15) is 0 Å². The molecule has 3 aliphatic heterocycles. The summed E-state index contributed by atoms with van der Waals surface area (Å²) in [7, 11) is 0. The third kappa shape index (κ3) is 3.02. The lowest BCUT2D eigenvalue weighted by atomic mass is 9.76. The number of amides is 1. The molecule has 0 aromatic rings. The summed E-state index contributed by atoms with van der Waals surface area (Å²) in [4.78, 5) is 40.9. The summed E-state index contributed by atoms with van der Waals surface area (Å²) in [5.41, 5.74) is -4.59. The van der Waals surface area contributed by atoms with Crippen molar-refractivity contribution in [1.82, 2.24) is 4.90 Å². The third-order valence-corrected chi connectivity index (χ3v) is 8.66. The molecule has 35 heavy (non-hydrogen) atoms. The van der Waals surface area contributed by atoms with Gasteiger partial charge in [-0.1, -0.05) is 25.5 Å². The zero-order valence-electron chi connectivity index (χ0n) is 20.6. The minimum absolute atomic E-state index is 0.00220. The number of carbonyl (C=O) groups is 3. The molecule has 5 aliphatic rings. The Hall–Kier alpha value is -2.17. The normalized spacial score (nSPS) is 47.1. The van der Waals surface area contributed by atoms with Gasteiger partial charge >= 0.3 is 0 Å². The summed E-state index contributed by atoms with van der Waals surface area (Å²) in [5.74, 6) is -2.89. The third-order valence-electron chi connectivity index (χ3n) is 8.66. The van der Waals surface area contributed by atoms with E-state index in [1.54, 1.807) is 26.8 Å². The number of rotatable bonds is 3. The van der Waals surface area contributed by atoms with Gasteiger partial charge in [-0.25, -0.2) is 0 Å². The van der Waals surface area contributed by atoms with E-state index in [2.05, 4.69) is 0 Å². The van der Waals surface area contributed by atoms with Crippen molar-refractivity contribution in [2.45, 2.75) is 95.2 Å². The molecule has 9 heteroatoms. The van der Waals surface area contributed by atoms with Gasteiger partial charge in [0.05, 0.1) is 24.0 Å². The zero-order valence-corrected chi connectivity index (χ0v) is 20.6. The number of Topliss-reactive ketones (excluding diaryl/α,β-unsaturated/α-hetero) is 1. The minimum atomic E-state index is -2.28. The van der Waals surface area contributed by atoms with Gasteiger partial charge in [-0.05, 0) is 45.6 Å². The first-order chi connectivity index (χ1) is 16.3. The van der Waals surface area contributed by atoms with Crippen molar-refractivity contribution in [3.05, 3.63) is 35.1 Å². The Balaban J connectivity index is 1.64. The molecule has 0 radical (unpaired) electrons. The number of aliphatic hydroxyl groups is 3. The topological polar surface area (TPSA) is 134 Å². The number of allylic oxidation sites excluding steroid dienone is 2. The molecule has 5 rings (SSSR count). The van der Waals surface area contributed by atoms with Crippen molar-refractivity contribution >= 4 is 17.5 Å². The van der Waals surface area contributed by atoms with Crippen molar-refractivity contribution < 1.29 is 39.2 Å². The van der Waals surface area contributed by atoms with E-state index in [1.165, 1.54) is 12.2 Å². The molecule has 3 heterocycles. The summed E-state index contributed by atoms with van der Waals surface area (Å²) in [6.07, 6.45) is 3.01. The fourth-order valence-corrected chi connectivity index (χ4v) is 6.91. The van der Waals surface area contributed by atoms with Crippen LogP contribution in [0.15, 0.2) is 35.1 Å². The highest BCUT2D eigenvalue weighted by Crippen LogP contribution is 2.59. The Labute approximate surface area is 204 Å². The van der Waals surface area contributed by atoms with Crippen LogP contribution in [-0.2, 0) is 23.9 Å². The van der Waals surface area contributed by atoms with Crippen LogP contribution >= 0.6 is 0 Å². The maximum Gasteiger partial charge on any atom is 0.267 e. The monoisotopic (exact) mass is 487 g/mol. The molecular formula is C26H33NO8. The number of fused-ring (bicyclic) bond motifs is 2. The predicted octanol–water partition coefficient (Wildman–Crippen LogP) is 0.918. The van der Waals surface area contributed by atoms with Gasteiger partial charge in [0.15, 0.2) is 12.1 Å². The van der Waals surface area contributed by atoms with Crippen molar-refractivity contribution in [3.8, 4) is 0 Å². The first-order valence-corrected chi connectivity index (χ1v) is 12.3. The van der Waals surface area contributed by atoms with Gasteiger partial charge < -0.3 is 24.8 Å². The van der Waals surface area contributed by atoms with Crippen molar-refractivity contribution in [3.63, 3.8) is 0 Å². The lowest BCUT2D eigenvalue weighted by Gasteiger charge is -2.42. The molecule has 1 saturated carbocycles. The highest BCUT2D eigenvalue weighted by atomic mass is 16.7. The van der Waals surface area contributed by atoms with Crippen LogP contribution in [0.4, 0.5) is 0 Å². The van der Waals surface area contributed by atoms with Gasteiger partial charge in [0.1, 0.15) is 11.1 Å². The van der Waals surface area contributed by atoms with Gasteiger partial charge in [0.25, 0.3) is 5.91 Å². The summed E-state index contributed by atoms with van der Waals surface area (Å²) in [6, 6.07) is 0. The van der Waals surface area contributed by atoms with E-state index in [4.69, 9.17) is 9.47 Å². The van der Waals surface area contributed by atoms with Crippen molar-refractivity contribution in [2.24, 2.45) is 11.8 Å². The molecule has 3 N–H and O–H groups in total. The fourth-order valence-electron chi connectivity index (χ4n) is 6.91. The first-order valence-electron chi connectivity index (χ1n) is 12.3. The first kappa shape index (κ1) is 24.5. The van der Waals surface area contributed by atoms with Crippen LogP contribution in [0.25, 0.3) is 0 Å². The van der Waals surface area contributed by atoms with E-state index in [0.717, 1.165) is 11.8 Å². The molecule has 2 aliphatic carbocycles. The summed E-state index contributed by atoms with van der Waals surface area (Å²) < 4.78 is 12.2. The predicted molar refractivity (Wildman–Crippen MR) is 122 cm³/mol. The quantitative estimate of drug-likeness (QED) is 0.395. The average molecular weight is 488 g/mol. The Morgan fingerprint density at radius 1 is 1.17 bits per heavy atom. The van der Waals surface area contributed by atoms with E-state index < -0.39 is 64.7 Å². The van der Waals surface area contributed by atoms with Crippen LogP contribution in [0.5, 0.6) is 0 Å². The van der Waals surface area contributed by atoms with Crippen LogP contribution < -0.4 is 0 Å². The van der Waals surface area contributed by atoms with E-state index in [1.807, 2.05) is 6.92 Å². The molecule has 190 valence electrons. The number of ether oxygens (including phenoxy) is 2.